The Kier molecular flexibility index (Phi) is 6.71. The maximum absolute atomic E-state index is 12.9. The van der Waals surface area contributed by atoms with Gasteiger partial charge in [-0.3, -0.25) is 4.79 Å². The third-order valence-corrected chi connectivity index (χ3v) is 4.23. The molecule has 0 saturated heterocycles. The highest BCUT2D eigenvalue weighted by molar-refractivity contribution is 6.12. The van der Waals surface area contributed by atoms with Crippen LogP contribution in [0, 0.1) is 0 Å². The van der Waals surface area contributed by atoms with Crippen LogP contribution in [-0.4, -0.2) is 34.2 Å². The van der Waals surface area contributed by atoms with E-state index in [0.717, 1.165) is 5.56 Å². The highest BCUT2D eigenvalue weighted by Gasteiger charge is 2.17. The maximum Gasteiger partial charge on any atom is 0.203 e. The number of methoxy groups -OCH3 is 4. The van der Waals surface area contributed by atoms with Gasteiger partial charge in [-0.15, -0.1) is 0 Å². The fourth-order valence-electron chi connectivity index (χ4n) is 2.81. The molecule has 2 aromatic carbocycles. The fourth-order valence-corrected chi connectivity index (χ4v) is 2.81. The number of ether oxygens (including phenoxy) is 4. The summed E-state index contributed by atoms with van der Waals surface area (Å²) in [7, 11) is 6.18. The molecule has 0 aromatic heterocycles. The summed E-state index contributed by atoms with van der Waals surface area (Å²) in [5.74, 6) is 1.97. The van der Waals surface area contributed by atoms with E-state index in [1.54, 1.807) is 51.7 Å². The predicted molar refractivity (Wildman–Crippen MR) is 106 cm³/mol. The van der Waals surface area contributed by atoms with Gasteiger partial charge in [-0.1, -0.05) is 6.92 Å². The van der Waals surface area contributed by atoms with Crippen molar-refractivity contribution in [2.24, 2.45) is 0 Å². The van der Waals surface area contributed by atoms with Crippen LogP contribution in [0.25, 0.3) is 6.08 Å². The molecular formula is C21H25NO5. The van der Waals surface area contributed by atoms with E-state index in [-0.39, 0.29) is 5.78 Å². The number of Topliss-reactive ketones (excluding diaryl/α,β-unsaturated/α-hetero) is 1. The van der Waals surface area contributed by atoms with E-state index in [2.05, 4.69) is 0 Å². The first-order chi connectivity index (χ1) is 13.0. The van der Waals surface area contributed by atoms with Crippen molar-refractivity contribution in [2.45, 2.75) is 13.3 Å². The van der Waals surface area contributed by atoms with E-state index in [0.29, 0.717) is 46.2 Å². The molecule has 0 amide bonds. The first-order valence-corrected chi connectivity index (χ1v) is 8.48. The van der Waals surface area contributed by atoms with Crippen LogP contribution in [0.15, 0.2) is 35.9 Å². The zero-order chi connectivity index (χ0) is 20.0. The lowest BCUT2D eigenvalue weighted by molar-refractivity contribution is 0.103. The molecule has 2 N–H and O–H groups in total. The first kappa shape index (κ1) is 20.2. The average Bonchev–Trinajstić information content (AvgIpc) is 2.70. The summed E-state index contributed by atoms with van der Waals surface area (Å²) in [5, 5.41) is 0. The summed E-state index contributed by atoms with van der Waals surface area (Å²) in [4.78, 5) is 12.9. The summed E-state index contributed by atoms with van der Waals surface area (Å²) in [5.41, 5.74) is 8.19. The number of hydrogen-bond acceptors (Lipinski definition) is 6. The van der Waals surface area contributed by atoms with Gasteiger partial charge in [-0.05, 0) is 42.8 Å². The van der Waals surface area contributed by atoms with Crippen LogP contribution in [0.3, 0.4) is 0 Å². The van der Waals surface area contributed by atoms with Crippen molar-refractivity contribution in [2.75, 3.05) is 34.2 Å². The van der Waals surface area contributed by atoms with Crippen molar-refractivity contribution >= 4 is 17.5 Å². The van der Waals surface area contributed by atoms with Crippen molar-refractivity contribution < 1.29 is 23.7 Å². The van der Waals surface area contributed by atoms with Crippen LogP contribution in [0.4, 0.5) is 5.69 Å². The molecule has 6 nitrogen and oxygen atoms in total. The molecule has 0 heterocycles. The van der Waals surface area contributed by atoms with Gasteiger partial charge >= 0.3 is 0 Å². The second-order valence-corrected chi connectivity index (χ2v) is 5.73. The highest BCUT2D eigenvalue weighted by atomic mass is 16.5. The predicted octanol–water partition coefficient (Wildman–Crippen LogP) is 3.98. The summed E-state index contributed by atoms with van der Waals surface area (Å²) in [6, 6.07) is 8.61. The third-order valence-electron chi connectivity index (χ3n) is 4.23. The average molecular weight is 371 g/mol. The topological polar surface area (TPSA) is 80.0 Å². The quantitative estimate of drug-likeness (QED) is 0.429. The Labute approximate surface area is 159 Å². The first-order valence-electron chi connectivity index (χ1n) is 8.48. The normalized spacial score (nSPS) is 11.1. The Bertz CT molecular complexity index is 858. The molecule has 0 spiro atoms. The molecule has 0 fully saturated rings. The zero-order valence-corrected chi connectivity index (χ0v) is 16.3. The number of nitrogens with two attached hydrogens (primary N) is 1. The third kappa shape index (κ3) is 4.16. The summed E-state index contributed by atoms with van der Waals surface area (Å²) in [6.07, 6.45) is 2.34. The van der Waals surface area contributed by atoms with Gasteiger partial charge in [-0.2, -0.15) is 0 Å². The van der Waals surface area contributed by atoms with Crippen LogP contribution in [0.2, 0.25) is 0 Å². The standard InChI is InChI=1S/C21H25NO5/c1-6-13(19(23)14-7-9-17(24-2)16(22)12-14)11-15-8-10-18(25-3)21(27-5)20(15)26-4/h7-12H,6,22H2,1-5H3/b13-11+. The molecule has 144 valence electrons. The van der Waals surface area contributed by atoms with Gasteiger partial charge < -0.3 is 24.7 Å². The van der Waals surface area contributed by atoms with Crippen molar-refractivity contribution in [1.29, 1.82) is 0 Å². The molecule has 0 aliphatic rings. The Morgan fingerprint density at radius 1 is 0.926 bits per heavy atom. The van der Waals surface area contributed by atoms with E-state index >= 15 is 0 Å². The number of hydrogen-bond donors (Lipinski definition) is 1. The molecule has 0 aliphatic carbocycles. The molecule has 2 rings (SSSR count). The van der Waals surface area contributed by atoms with Crippen molar-refractivity contribution in [1.82, 2.24) is 0 Å². The Hall–Kier alpha value is -3.15. The lowest BCUT2D eigenvalue weighted by Crippen LogP contribution is -2.05. The molecule has 27 heavy (non-hydrogen) atoms. The maximum atomic E-state index is 12.9. The summed E-state index contributed by atoms with van der Waals surface area (Å²) in [6.45, 7) is 1.92. The van der Waals surface area contributed by atoms with Gasteiger partial charge in [0, 0.05) is 16.7 Å². The number of anilines is 1. The van der Waals surface area contributed by atoms with E-state index in [9.17, 15) is 4.79 Å². The number of allylic oxidation sites excluding steroid dienone is 1. The minimum absolute atomic E-state index is 0.108. The molecule has 0 aliphatic heterocycles. The zero-order valence-electron chi connectivity index (χ0n) is 16.3. The van der Waals surface area contributed by atoms with E-state index < -0.39 is 0 Å². The van der Waals surface area contributed by atoms with Gasteiger partial charge in [0.25, 0.3) is 0 Å². The van der Waals surface area contributed by atoms with Crippen molar-refractivity contribution in [3.05, 3.63) is 47.0 Å². The minimum Gasteiger partial charge on any atom is -0.495 e. The van der Waals surface area contributed by atoms with Crippen LogP contribution < -0.4 is 24.7 Å². The van der Waals surface area contributed by atoms with Crippen LogP contribution in [0.5, 0.6) is 23.0 Å². The van der Waals surface area contributed by atoms with Crippen LogP contribution in [-0.2, 0) is 0 Å². The minimum atomic E-state index is -0.108. The number of carbonyl (C=O) groups excluding carboxylic acids is 1. The highest BCUT2D eigenvalue weighted by Crippen LogP contribution is 2.40. The van der Waals surface area contributed by atoms with Crippen molar-refractivity contribution in [3.8, 4) is 23.0 Å². The second-order valence-electron chi connectivity index (χ2n) is 5.73. The number of nitrogen functional groups attached to an aromatic ring is 1. The number of carbonyl (C=O) groups is 1. The van der Waals surface area contributed by atoms with Gasteiger partial charge in [0.15, 0.2) is 17.3 Å². The molecule has 6 heteroatoms. The van der Waals surface area contributed by atoms with E-state index in [4.69, 9.17) is 24.7 Å². The largest absolute Gasteiger partial charge is 0.495 e. The molecule has 0 saturated carbocycles. The van der Waals surface area contributed by atoms with Gasteiger partial charge in [0.2, 0.25) is 5.75 Å². The lowest BCUT2D eigenvalue weighted by atomic mass is 9.98. The van der Waals surface area contributed by atoms with Crippen LogP contribution in [0.1, 0.15) is 29.3 Å². The number of rotatable bonds is 8. The molecule has 0 unspecified atom stereocenters. The van der Waals surface area contributed by atoms with E-state index in [1.807, 2.05) is 13.0 Å². The van der Waals surface area contributed by atoms with E-state index in [1.165, 1.54) is 7.11 Å². The van der Waals surface area contributed by atoms with Gasteiger partial charge in [-0.25, -0.2) is 0 Å². The SMILES string of the molecule is CC/C(=C\c1ccc(OC)c(OC)c1OC)C(=O)c1ccc(OC)c(N)c1. The number of benzene rings is 2. The Morgan fingerprint density at radius 2 is 1.56 bits per heavy atom. The number of ketones is 1. The molecule has 0 atom stereocenters. The Morgan fingerprint density at radius 3 is 2.07 bits per heavy atom. The molecular weight excluding hydrogens is 346 g/mol. The summed E-state index contributed by atoms with van der Waals surface area (Å²) < 4.78 is 21.3. The monoisotopic (exact) mass is 371 g/mol. The Balaban J connectivity index is 2.49. The fraction of sp³-hybridized carbons (Fsp3) is 0.286. The second kappa shape index (κ2) is 8.98. The molecule has 0 bridgehead atoms. The summed E-state index contributed by atoms with van der Waals surface area (Å²) >= 11 is 0. The van der Waals surface area contributed by atoms with Crippen molar-refractivity contribution in [3.63, 3.8) is 0 Å². The molecule has 0 radical (unpaired) electrons. The smallest absolute Gasteiger partial charge is 0.203 e. The van der Waals surface area contributed by atoms with Gasteiger partial charge in [0.05, 0.1) is 34.1 Å². The van der Waals surface area contributed by atoms with Crippen LogP contribution >= 0.6 is 0 Å². The lowest BCUT2D eigenvalue weighted by Gasteiger charge is -2.15. The molecule has 2 aromatic rings. The van der Waals surface area contributed by atoms with Gasteiger partial charge in [0.1, 0.15) is 5.75 Å².